The van der Waals surface area contributed by atoms with Crippen LogP contribution in [0.2, 0.25) is 0 Å². The van der Waals surface area contributed by atoms with E-state index in [1.165, 1.54) is 4.90 Å². The van der Waals surface area contributed by atoms with Crippen molar-refractivity contribution in [2.75, 3.05) is 18.4 Å². The highest BCUT2D eigenvalue weighted by atomic mass is 79.9. The molecule has 0 saturated heterocycles. The Labute approximate surface area is 123 Å². The predicted octanol–water partition coefficient (Wildman–Crippen LogP) is 3.99. The number of halogens is 4. The largest absolute Gasteiger partial charge is 0.401 e. The Balaban J connectivity index is 2.24. The van der Waals surface area contributed by atoms with Crippen molar-refractivity contribution in [1.29, 1.82) is 0 Å². The van der Waals surface area contributed by atoms with Crippen LogP contribution in [0.1, 0.15) is 5.56 Å². The molecule has 0 N–H and O–H groups in total. The van der Waals surface area contributed by atoms with E-state index in [-0.39, 0.29) is 6.54 Å². The Morgan fingerprint density at radius 2 is 1.90 bits per heavy atom. The first-order valence-electron chi connectivity index (χ1n) is 6.17. The SMILES string of the molecule is FC(F)(F)CN(CCBr)Cc1cccc2cccnc12. The van der Waals surface area contributed by atoms with Crippen LogP contribution in [0.4, 0.5) is 13.2 Å². The summed E-state index contributed by atoms with van der Waals surface area (Å²) in [4.78, 5) is 5.64. The molecule has 2 aromatic rings. The number of hydrogen-bond donors (Lipinski definition) is 0. The Kier molecular flexibility index (Phi) is 4.99. The lowest BCUT2D eigenvalue weighted by Gasteiger charge is -2.23. The third kappa shape index (κ3) is 4.18. The number of aromatic nitrogens is 1. The fourth-order valence-electron chi connectivity index (χ4n) is 2.12. The van der Waals surface area contributed by atoms with Gasteiger partial charge in [-0.25, -0.2) is 0 Å². The molecule has 108 valence electrons. The van der Waals surface area contributed by atoms with Gasteiger partial charge in [-0.3, -0.25) is 9.88 Å². The number of para-hydroxylation sites is 1. The molecule has 0 unspecified atom stereocenters. The summed E-state index contributed by atoms with van der Waals surface area (Å²) in [6.45, 7) is -0.343. The number of alkyl halides is 4. The van der Waals surface area contributed by atoms with Gasteiger partial charge in [0, 0.05) is 30.0 Å². The molecular formula is C14H14BrF3N2. The van der Waals surface area contributed by atoms with Gasteiger partial charge < -0.3 is 0 Å². The molecule has 20 heavy (non-hydrogen) atoms. The molecular weight excluding hydrogens is 333 g/mol. The molecule has 0 radical (unpaired) electrons. The van der Waals surface area contributed by atoms with Crippen molar-refractivity contribution in [2.45, 2.75) is 12.7 Å². The van der Waals surface area contributed by atoms with Crippen LogP contribution in [-0.4, -0.2) is 34.5 Å². The Morgan fingerprint density at radius 1 is 1.15 bits per heavy atom. The molecule has 0 aliphatic rings. The average Bonchev–Trinajstić information content (AvgIpc) is 2.37. The summed E-state index contributed by atoms with van der Waals surface area (Å²) < 4.78 is 37.7. The van der Waals surface area contributed by atoms with E-state index in [1.54, 1.807) is 6.20 Å². The van der Waals surface area contributed by atoms with Crippen molar-refractivity contribution < 1.29 is 13.2 Å². The molecule has 6 heteroatoms. The van der Waals surface area contributed by atoms with Crippen molar-refractivity contribution >= 4 is 26.8 Å². The minimum atomic E-state index is -4.19. The number of fused-ring (bicyclic) bond motifs is 1. The van der Waals surface area contributed by atoms with Crippen LogP contribution >= 0.6 is 15.9 Å². The van der Waals surface area contributed by atoms with Crippen LogP contribution in [0, 0.1) is 0 Å². The van der Waals surface area contributed by atoms with Gasteiger partial charge in [-0.2, -0.15) is 13.2 Å². The topological polar surface area (TPSA) is 16.1 Å². The van der Waals surface area contributed by atoms with Crippen molar-refractivity contribution in [3.63, 3.8) is 0 Å². The van der Waals surface area contributed by atoms with Gasteiger partial charge in [0.05, 0.1) is 12.1 Å². The lowest BCUT2D eigenvalue weighted by molar-refractivity contribution is -0.146. The summed E-state index contributed by atoms with van der Waals surface area (Å²) in [5.74, 6) is 0. The van der Waals surface area contributed by atoms with Gasteiger partial charge in [0.2, 0.25) is 0 Å². The first-order valence-corrected chi connectivity index (χ1v) is 7.29. The smallest absolute Gasteiger partial charge is 0.290 e. The predicted molar refractivity (Wildman–Crippen MR) is 76.9 cm³/mol. The second-order valence-electron chi connectivity index (χ2n) is 4.51. The minimum Gasteiger partial charge on any atom is -0.290 e. The van der Waals surface area contributed by atoms with Gasteiger partial charge in [0.1, 0.15) is 0 Å². The minimum absolute atomic E-state index is 0.236. The van der Waals surface area contributed by atoms with E-state index in [0.717, 1.165) is 16.5 Å². The molecule has 0 amide bonds. The highest BCUT2D eigenvalue weighted by Gasteiger charge is 2.30. The molecule has 0 aliphatic carbocycles. The van der Waals surface area contributed by atoms with Gasteiger partial charge >= 0.3 is 6.18 Å². The molecule has 2 nitrogen and oxygen atoms in total. The third-order valence-corrected chi connectivity index (χ3v) is 3.27. The van der Waals surface area contributed by atoms with Gasteiger partial charge in [-0.1, -0.05) is 40.2 Å². The summed E-state index contributed by atoms with van der Waals surface area (Å²) in [6.07, 6.45) is -2.54. The fourth-order valence-corrected chi connectivity index (χ4v) is 2.62. The van der Waals surface area contributed by atoms with Gasteiger partial charge in [-0.15, -0.1) is 0 Å². The van der Waals surface area contributed by atoms with Gasteiger partial charge in [0.25, 0.3) is 0 Å². The maximum atomic E-state index is 12.6. The number of benzene rings is 1. The van der Waals surface area contributed by atoms with E-state index in [0.29, 0.717) is 11.9 Å². The molecule has 0 spiro atoms. The second kappa shape index (κ2) is 6.54. The van der Waals surface area contributed by atoms with E-state index in [2.05, 4.69) is 20.9 Å². The zero-order chi connectivity index (χ0) is 14.6. The third-order valence-electron chi connectivity index (χ3n) is 2.91. The van der Waals surface area contributed by atoms with E-state index in [9.17, 15) is 13.2 Å². The first-order chi connectivity index (χ1) is 9.49. The van der Waals surface area contributed by atoms with Crippen LogP contribution in [0.5, 0.6) is 0 Å². The molecule has 1 aromatic heterocycles. The first kappa shape index (κ1) is 15.3. The fraction of sp³-hybridized carbons (Fsp3) is 0.357. The molecule has 1 heterocycles. The van der Waals surface area contributed by atoms with Crippen molar-refractivity contribution in [2.24, 2.45) is 0 Å². The summed E-state index contributed by atoms with van der Waals surface area (Å²) in [5, 5.41) is 1.44. The van der Waals surface area contributed by atoms with Crippen LogP contribution < -0.4 is 0 Å². The number of pyridine rings is 1. The van der Waals surface area contributed by atoms with Crippen LogP contribution in [-0.2, 0) is 6.54 Å². The van der Waals surface area contributed by atoms with Crippen molar-refractivity contribution in [1.82, 2.24) is 9.88 Å². The summed E-state index contributed by atoms with van der Waals surface area (Å²) in [5.41, 5.74) is 1.57. The van der Waals surface area contributed by atoms with Crippen molar-refractivity contribution in [3.8, 4) is 0 Å². The van der Waals surface area contributed by atoms with Gasteiger partial charge in [-0.05, 0) is 11.6 Å². The molecule has 0 bridgehead atoms. The number of nitrogens with zero attached hydrogens (tertiary/aromatic N) is 2. The Morgan fingerprint density at radius 3 is 2.60 bits per heavy atom. The molecule has 0 saturated carbocycles. The van der Waals surface area contributed by atoms with Crippen LogP contribution in [0.3, 0.4) is 0 Å². The van der Waals surface area contributed by atoms with E-state index in [4.69, 9.17) is 0 Å². The second-order valence-corrected chi connectivity index (χ2v) is 5.30. The molecule has 0 atom stereocenters. The van der Waals surface area contributed by atoms with Crippen molar-refractivity contribution in [3.05, 3.63) is 42.1 Å². The standard InChI is InChI=1S/C14H14BrF3N2/c15-6-8-20(10-14(16,17)18)9-12-4-1-3-11-5-2-7-19-13(11)12/h1-5,7H,6,8-10H2. The zero-order valence-electron chi connectivity index (χ0n) is 10.7. The van der Waals surface area contributed by atoms with E-state index >= 15 is 0 Å². The number of hydrogen-bond acceptors (Lipinski definition) is 2. The van der Waals surface area contributed by atoms with Crippen LogP contribution in [0.15, 0.2) is 36.5 Å². The zero-order valence-corrected chi connectivity index (χ0v) is 12.3. The lowest BCUT2D eigenvalue weighted by Crippen LogP contribution is -2.35. The number of rotatable bonds is 5. The highest BCUT2D eigenvalue weighted by Crippen LogP contribution is 2.21. The van der Waals surface area contributed by atoms with E-state index in [1.807, 2.05) is 30.3 Å². The monoisotopic (exact) mass is 346 g/mol. The van der Waals surface area contributed by atoms with E-state index < -0.39 is 12.7 Å². The maximum Gasteiger partial charge on any atom is 0.401 e. The maximum absolute atomic E-state index is 12.6. The molecule has 0 aliphatic heterocycles. The summed E-state index contributed by atoms with van der Waals surface area (Å²) >= 11 is 3.20. The van der Waals surface area contributed by atoms with Gasteiger partial charge in [0.15, 0.2) is 0 Å². The molecule has 1 aromatic carbocycles. The van der Waals surface area contributed by atoms with Crippen LogP contribution in [0.25, 0.3) is 10.9 Å². The highest BCUT2D eigenvalue weighted by molar-refractivity contribution is 9.09. The summed E-state index contributed by atoms with van der Waals surface area (Å²) in [6, 6.07) is 9.30. The Bertz CT molecular complexity index is 566. The lowest BCUT2D eigenvalue weighted by atomic mass is 10.1. The molecule has 0 fully saturated rings. The average molecular weight is 347 g/mol. The summed E-state index contributed by atoms with van der Waals surface area (Å²) in [7, 11) is 0. The Hall–Kier alpha value is -1.14. The molecule has 2 rings (SSSR count). The normalized spacial score (nSPS) is 12.2. The quantitative estimate of drug-likeness (QED) is 0.761.